The van der Waals surface area contributed by atoms with Crippen LogP contribution in [0, 0.1) is 0 Å². The van der Waals surface area contributed by atoms with Gasteiger partial charge in [-0.1, -0.05) is 0 Å². The molecule has 0 unspecified atom stereocenters. The Kier molecular flexibility index (Phi) is 2.08. The maximum absolute atomic E-state index is 12.0. The van der Waals surface area contributed by atoms with Crippen LogP contribution in [0.3, 0.4) is 0 Å². The smallest absolute Gasteiger partial charge is 0.273 e. The Morgan fingerprint density at radius 3 is 2.42 bits per heavy atom. The number of hydrogen-bond acceptors (Lipinski definition) is 2. The van der Waals surface area contributed by atoms with Gasteiger partial charge in [-0.3, -0.25) is 4.79 Å². The maximum Gasteiger partial charge on any atom is 0.431 e. The van der Waals surface area contributed by atoms with Crippen molar-refractivity contribution in [3.05, 3.63) is 0 Å². The molecule has 0 saturated heterocycles. The predicted molar refractivity (Wildman–Crippen MR) is 35.5 cm³/mol. The molecule has 0 aromatic heterocycles. The lowest BCUT2D eigenvalue weighted by Crippen LogP contribution is -2.34. The standard InChI is InChI=1S/C6H7F3N2O/c1-11-5(12)3-2-4(10-11)6(7,8)9/h2-3H2,1H3. The first-order valence-corrected chi connectivity index (χ1v) is 3.32. The minimum absolute atomic E-state index is 0.116. The van der Waals surface area contributed by atoms with Crippen molar-refractivity contribution in [1.82, 2.24) is 5.01 Å². The average Bonchev–Trinajstić information content (AvgIpc) is 1.92. The van der Waals surface area contributed by atoms with Gasteiger partial charge in [0.15, 0.2) is 0 Å². The number of nitrogens with zero attached hydrogens (tertiary/aromatic N) is 2. The van der Waals surface area contributed by atoms with E-state index in [1.807, 2.05) is 0 Å². The van der Waals surface area contributed by atoms with Crippen LogP contribution in [-0.4, -0.2) is 29.9 Å². The highest BCUT2D eigenvalue weighted by molar-refractivity contribution is 5.95. The molecule has 0 aromatic carbocycles. The van der Waals surface area contributed by atoms with Gasteiger partial charge in [0, 0.05) is 19.9 Å². The zero-order valence-electron chi connectivity index (χ0n) is 6.35. The van der Waals surface area contributed by atoms with Crippen LogP contribution in [-0.2, 0) is 4.79 Å². The first-order valence-electron chi connectivity index (χ1n) is 3.32. The number of hydrogen-bond donors (Lipinski definition) is 0. The Balaban J connectivity index is 2.82. The SMILES string of the molecule is CN1N=C(C(F)(F)F)CCC1=O. The monoisotopic (exact) mass is 180 g/mol. The van der Waals surface area contributed by atoms with E-state index in [2.05, 4.69) is 5.10 Å². The molecule has 1 heterocycles. The van der Waals surface area contributed by atoms with Gasteiger partial charge in [0.1, 0.15) is 5.71 Å². The van der Waals surface area contributed by atoms with Crippen molar-refractivity contribution in [2.24, 2.45) is 5.10 Å². The third kappa shape index (κ3) is 1.75. The molecule has 1 amide bonds. The Morgan fingerprint density at radius 2 is 2.00 bits per heavy atom. The molecule has 6 heteroatoms. The number of rotatable bonds is 0. The Morgan fingerprint density at radius 1 is 1.42 bits per heavy atom. The molecule has 68 valence electrons. The van der Waals surface area contributed by atoms with Crippen LogP contribution in [0.25, 0.3) is 0 Å². The van der Waals surface area contributed by atoms with Crippen molar-refractivity contribution in [2.75, 3.05) is 7.05 Å². The summed E-state index contributed by atoms with van der Waals surface area (Å²) in [6.45, 7) is 0. The van der Waals surface area contributed by atoms with Gasteiger partial charge in [-0.2, -0.15) is 18.3 Å². The summed E-state index contributed by atoms with van der Waals surface area (Å²) in [5.41, 5.74) is -0.885. The van der Waals surface area contributed by atoms with E-state index in [0.717, 1.165) is 5.01 Å². The van der Waals surface area contributed by atoms with E-state index in [0.29, 0.717) is 0 Å². The van der Waals surface area contributed by atoms with Gasteiger partial charge in [-0.05, 0) is 0 Å². The molecule has 1 rings (SSSR count). The van der Waals surface area contributed by atoms with E-state index in [4.69, 9.17) is 0 Å². The van der Waals surface area contributed by atoms with E-state index < -0.39 is 11.9 Å². The van der Waals surface area contributed by atoms with Crippen molar-refractivity contribution in [2.45, 2.75) is 19.0 Å². The fraction of sp³-hybridized carbons (Fsp3) is 0.667. The molecule has 0 N–H and O–H groups in total. The van der Waals surface area contributed by atoms with Crippen molar-refractivity contribution < 1.29 is 18.0 Å². The van der Waals surface area contributed by atoms with Crippen molar-refractivity contribution >= 4 is 11.6 Å². The van der Waals surface area contributed by atoms with Crippen LogP contribution in [0.1, 0.15) is 12.8 Å². The molecule has 0 bridgehead atoms. The average molecular weight is 180 g/mol. The fourth-order valence-electron chi connectivity index (χ4n) is 0.872. The Bertz CT molecular complexity index is 233. The number of carbonyl (C=O) groups is 1. The van der Waals surface area contributed by atoms with E-state index >= 15 is 0 Å². The second-order valence-electron chi connectivity index (χ2n) is 2.46. The second kappa shape index (κ2) is 2.76. The van der Waals surface area contributed by atoms with Crippen LogP contribution in [0.4, 0.5) is 13.2 Å². The van der Waals surface area contributed by atoms with Crippen molar-refractivity contribution in [1.29, 1.82) is 0 Å². The van der Waals surface area contributed by atoms with Gasteiger partial charge in [-0.15, -0.1) is 0 Å². The minimum Gasteiger partial charge on any atom is -0.273 e. The largest absolute Gasteiger partial charge is 0.431 e. The molecule has 3 nitrogen and oxygen atoms in total. The Hall–Kier alpha value is -1.07. The first kappa shape index (κ1) is 9.02. The second-order valence-corrected chi connectivity index (χ2v) is 2.46. The quantitative estimate of drug-likeness (QED) is 0.550. The van der Waals surface area contributed by atoms with Crippen LogP contribution in [0.5, 0.6) is 0 Å². The summed E-state index contributed by atoms with van der Waals surface area (Å²) >= 11 is 0. The minimum atomic E-state index is -4.41. The van der Waals surface area contributed by atoms with Gasteiger partial charge >= 0.3 is 6.18 Å². The zero-order chi connectivity index (χ0) is 9.35. The topological polar surface area (TPSA) is 32.7 Å². The molecule has 0 aliphatic carbocycles. The van der Waals surface area contributed by atoms with Gasteiger partial charge in [0.2, 0.25) is 5.91 Å². The molecule has 0 radical (unpaired) electrons. The van der Waals surface area contributed by atoms with Crippen molar-refractivity contribution in [3.63, 3.8) is 0 Å². The first-order chi connectivity index (χ1) is 5.41. The summed E-state index contributed by atoms with van der Waals surface area (Å²) < 4.78 is 35.9. The van der Waals surface area contributed by atoms with Gasteiger partial charge in [-0.25, -0.2) is 5.01 Å². The number of halogens is 3. The van der Waals surface area contributed by atoms with E-state index in [1.165, 1.54) is 7.05 Å². The summed E-state index contributed by atoms with van der Waals surface area (Å²) in [7, 11) is 1.22. The molecule has 0 spiro atoms. The summed E-state index contributed by atoms with van der Waals surface area (Å²) in [5.74, 6) is -0.386. The van der Waals surface area contributed by atoms with E-state index in [1.54, 1.807) is 0 Å². The number of hydrazone groups is 1. The molecule has 0 aromatic rings. The normalized spacial score (nSPS) is 19.5. The third-order valence-corrected chi connectivity index (χ3v) is 1.53. The summed E-state index contributed by atoms with van der Waals surface area (Å²) in [6.07, 6.45) is -4.84. The predicted octanol–water partition coefficient (Wildman–Crippen LogP) is 1.16. The molecular formula is C6H7F3N2O. The molecular weight excluding hydrogens is 173 g/mol. The zero-order valence-corrected chi connectivity index (χ0v) is 6.35. The van der Waals surface area contributed by atoms with Gasteiger partial charge < -0.3 is 0 Å². The van der Waals surface area contributed by atoms with Crippen molar-refractivity contribution in [3.8, 4) is 0 Å². The summed E-state index contributed by atoms with van der Waals surface area (Å²) in [4.78, 5) is 10.7. The van der Waals surface area contributed by atoms with Crippen LogP contribution in [0.2, 0.25) is 0 Å². The molecule has 0 atom stereocenters. The highest BCUT2D eigenvalue weighted by Gasteiger charge is 2.38. The lowest BCUT2D eigenvalue weighted by atomic mass is 10.1. The molecule has 1 aliphatic rings. The lowest BCUT2D eigenvalue weighted by Gasteiger charge is -2.20. The van der Waals surface area contributed by atoms with Gasteiger partial charge in [0.05, 0.1) is 0 Å². The highest BCUT2D eigenvalue weighted by atomic mass is 19.4. The number of carbonyl (C=O) groups excluding carboxylic acids is 1. The third-order valence-electron chi connectivity index (χ3n) is 1.53. The molecule has 1 aliphatic heterocycles. The number of amides is 1. The maximum atomic E-state index is 12.0. The fourth-order valence-corrected chi connectivity index (χ4v) is 0.872. The summed E-state index contributed by atoms with van der Waals surface area (Å²) in [5, 5.41) is 3.84. The summed E-state index contributed by atoms with van der Waals surface area (Å²) in [6, 6.07) is 0. The van der Waals surface area contributed by atoms with E-state index in [-0.39, 0.29) is 18.7 Å². The Labute approximate surface area is 66.8 Å². The highest BCUT2D eigenvalue weighted by Crippen LogP contribution is 2.23. The van der Waals surface area contributed by atoms with Crippen LogP contribution >= 0.6 is 0 Å². The number of alkyl halides is 3. The van der Waals surface area contributed by atoms with Gasteiger partial charge in [0.25, 0.3) is 0 Å². The molecule has 12 heavy (non-hydrogen) atoms. The lowest BCUT2D eigenvalue weighted by molar-refractivity contribution is -0.131. The van der Waals surface area contributed by atoms with Crippen LogP contribution in [0.15, 0.2) is 5.10 Å². The molecule has 0 saturated carbocycles. The van der Waals surface area contributed by atoms with E-state index in [9.17, 15) is 18.0 Å². The van der Waals surface area contributed by atoms with Crippen LogP contribution < -0.4 is 0 Å². The molecule has 0 fully saturated rings.